The van der Waals surface area contributed by atoms with Gasteiger partial charge < -0.3 is 9.88 Å². The molecule has 0 saturated heterocycles. The lowest BCUT2D eigenvalue weighted by atomic mass is 10.0. The molecular weight excluding hydrogens is 532 g/mol. The quantitative estimate of drug-likeness (QED) is 0.176. The van der Waals surface area contributed by atoms with Gasteiger partial charge in [0.05, 0.1) is 17.0 Å². The molecule has 1 amide bonds. The highest BCUT2D eigenvalue weighted by molar-refractivity contribution is 6.31. The zero-order chi connectivity index (χ0) is 28.1. The van der Waals surface area contributed by atoms with Gasteiger partial charge >= 0.3 is 0 Å². The van der Waals surface area contributed by atoms with Gasteiger partial charge in [-0.15, -0.1) is 0 Å². The third-order valence-electron chi connectivity index (χ3n) is 5.98. The number of pyridine rings is 1. The Labute approximate surface area is 225 Å². The summed E-state index contributed by atoms with van der Waals surface area (Å²) in [6, 6.07) is 15.6. The van der Waals surface area contributed by atoms with Crippen LogP contribution in [0.5, 0.6) is 0 Å². The van der Waals surface area contributed by atoms with Crippen molar-refractivity contribution in [2.45, 2.75) is 12.5 Å². The van der Waals surface area contributed by atoms with Gasteiger partial charge in [0.25, 0.3) is 11.2 Å². The molecule has 0 radical (unpaired) electrons. The summed E-state index contributed by atoms with van der Waals surface area (Å²) >= 11 is 6.02. The fourth-order valence-electron chi connectivity index (χ4n) is 4.00. The largest absolute Gasteiger partial charge is 0.347 e. The fraction of sp³-hybridized carbons (Fsp3) is 0.107. The highest BCUT2D eigenvalue weighted by Gasteiger charge is 2.24. The van der Waals surface area contributed by atoms with Gasteiger partial charge in [-0.05, 0) is 65.7 Å². The molecule has 0 fully saturated rings. The van der Waals surface area contributed by atoms with Crippen LogP contribution < -0.4 is 10.9 Å². The number of nitro benzene ring substituents is 1. The van der Waals surface area contributed by atoms with Crippen molar-refractivity contribution in [3.8, 4) is 11.1 Å². The number of nitro groups is 1. The number of Topliss-reactive ketones (excluding diaryl/α,β-unsaturated/α-hetero) is 1. The number of hydrogen-bond donors (Lipinski definition) is 1. The molecule has 1 heterocycles. The minimum absolute atomic E-state index is 0.0204. The summed E-state index contributed by atoms with van der Waals surface area (Å²) in [5.74, 6) is -2.13. The first-order valence-electron chi connectivity index (χ1n) is 11.6. The maximum Gasteiger partial charge on any atom is 0.277 e. The summed E-state index contributed by atoms with van der Waals surface area (Å²) in [4.78, 5) is 49.8. The van der Waals surface area contributed by atoms with Gasteiger partial charge in [-0.25, -0.2) is 8.78 Å². The molecule has 4 aromatic rings. The number of nitrogens with one attached hydrogen (secondary N) is 1. The number of carbonyl (C=O) groups is 2. The molecule has 0 aliphatic rings. The van der Waals surface area contributed by atoms with Crippen LogP contribution in [0, 0.1) is 21.7 Å². The van der Waals surface area contributed by atoms with E-state index in [2.05, 4.69) is 5.32 Å². The Morgan fingerprint density at radius 2 is 1.59 bits per heavy atom. The van der Waals surface area contributed by atoms with Gasteiger partial charge in [0.1, 0.15) is 17.7 Å². The van der Waals surface area contributed by atoms with E-state index >= 15 is 0 Å². The van der Waals surface area contributed by atoms with Crippen LogP contribution in [0.3, 0.4) is 0 Å². The average molecular weight is 552 g/mol. The molecule has 198 valence electrons. The number of rotatable bonds is 9. The smallest absolute Gasteiger partial charge is 0.277 e. The molecule has 1 unspecified atom stereocenters. The molecule has 8 nitrogen and oxygen atoms in total. The van der Waals surface area contributed by atoms with E-state index in [0.717, 1.165) is 22.8 Å². The van der Waals surface area contributed by atoms with E-state index in [1.165, 1.54) is 66.9 Å². The van der Waals surface area contributed by atoms with Crippen molar-refractivity contribution < 1.29 is 23.3 Å². The van der Waals surface area contributed by atoms with Crippen LogP contribution in [-0.4, -0.2) is 27.7 Å². The zero-order valence-electron chi connectivity index (χ0n) is 20.1. The van der Waals surface area contributed by atoms with Gasteiger partial charge in [-0.3, -0.25) is 24.5 Å². The van der Waals surface area contributed by atoms with Crippen LogP contribution in [0.1, 0.15) is 22.0 Å². The second-order valence-electron chi connectivity index (χ2n) is 8.57. The lowest BCUT2D eigenvalue weighted by Crippen LogP contribution is -2.40. The number of carbonyl (C=O) groups excluding carboxylic acids is 2. The van der Waals surface area contributed by atoms with E-state index in [1.807, 2.05) is 0 Å². The van der Waals surface area contributed by atoms with Crippen LogP contribution in [-0.2, 0) is 11.2 Å². The predicted octanol–water partition coefficient (Wildman–Crippen LogP) is 5.14. The number of amides is 1. The van der Waals surface area contributed by atoms with E-state index in [-0.39, 0.29) is 33.8 Å². The van der Waals surface area contributed by atoms with E-state index in [4.69, 9.17) is 11.6 Å². The van der Waals surface area contributed by atoms with Crippen molar-refractivity contribution >= 4 is 29.0 Å². The summed E-state index contributed by atoms with van der Waals surface area (Å²) in [6.45, 7) is -0.411. The highest BCUT2D eigenvalue weighted by Crippen LogP contribution is 2.32. The Morgan fingerprint density at radius 1 is 0.949 bits per heavy atom. The number of nitrogens with zero attached hydrogens (tertiary/aromatic N) is 2. The molecule has 1 N–H and O–H groups in total. The molecule has 4 rings (SSSR count). The lowest BCUT2D eigenvalue weighted by Gasteiger charge is -2.20. The first-order chi connectivity index (χ1) is 18.6. The predicted molar refractivity (Wildman–Crippen MR) is 141 cm³/mol. The lowest BCUT2D eigenvalue weighted by molar-refractivity contribution is -0.384. The minimum Gasteiger partial charge on any atom is -0.347 e. The molecule has 3 aromatic carbocycles. The summed E-state index contributed by atoms with van der Waals surface area (Å²) in [5.41, 5.74) is 0.184. The molecule has 1 aromatic heterocycles. The van der Waals surface area contributed by atoms with Crippen molar-refractivity contribution in [2.75, 3.05) is 6.54 Å². The maximum atomic E-state index is 13.4. The third-order valence-corrected chi connectivity index (χ3v) is 6.22. The van der Waals surface area contributed by atoms with Crippen molar-refractivity contribution in [2.24, 2.45) is 0 Å². The minimum atomic E-state index is -1.15. The van der Waals surface area contributed by atoms with E-state index in [0.29, 0.717) is 5.56 Å². The van der Waals surface area contributed by atoms with Gasteiger partial charge in [-0.1, -0.05) is 23.7 Å². The topological polar surface area (TPSA) is 111 Å². The molecule has 0 saturated carbocycles. The highest BCUT2D eigenvalue weighted by atomic mass is 35.5. The molecule has 0 bridgehead atoms. The van der Waals surface area contributed by atoms with Crippen molar-refractivity contribution in [3.05, 3.63) is 133 Å². The van der Waals surface area contributed by atoms with E-state index < -0.39 is 46.4 Å². The molecule has 1 atom stereocenters. The summed E-state index contributed by atoms with van der Waals surface area (Å²) < 4.78 is 27.7. The number of ketones is 1. The van der Waals surface area contributed by atoms with E-state index in [9.17, 15) is 33.3 Å². The van der Waals surface area contributed by atoms with Crippen LogP contribution in [0.25, 0.3) is 11.1 Å². The summed E-state index contributed by atoms with van der Waals surface area (Å²) in [5, 5.41) is 14.2. The number of halogens is 3. The Kier molecular flexibility index (Phi) is 8.26. The second-order valence-corrected chi connectivity index (χ2v) is 9.01. The summed E-state index contributed by atoms with van der Waals surface area (Å²) in [6.07, 6.45) is 1.30. The van der Waals surface area contributed by atoms with Crippen molar-refractivity contribution in [3.63, 3.8) is 0 Å². The zero-order valence-corrected chi connectivity index (χ0v) is 20.9. The van der Waals surface area contributed by atoms with Gasteiger partial charge in [0.15, 0.2) is 5.78 Å². The van der Waals surface area contributed by atoms with E-state index in [1.54, 1.807) is 0 Å². The normalized spacial score (nSPS) is 11.6. The number of aromatic nitrogens is 1. The second kappa shape index (κ2) is 11.8. The Balaban J connectivity index is 1.65. The number of hydrogen-bond acceptors (Lipinski definition) is 5. The monoisotopic (exact) mass is 551 g/mol. The summed E-state index contributed by atoms with van der Waals surface area (Å²) in [7, 11) is 0. The van der Waals surface area contributed by atoms with Crippen LogP contribution in [0.15, 0.2) is 89.9 Å². The van der Waals surface area contributed by atoms with Gasteiger partial charge in [-0.2, -0.15) is 0 Å². The standard InChI is InChI=1S/C28H20ClF2N3O5/c29-20-5-10-24(34(38)39)23(15-20)19-11-12-33(27(36)14-19)25(13-17-1-6-21(30)7-2-17)28(37)32-16-26(35)18-3-8-22(31)9-4-18/h1-12,14-15,25H,13,16H2,(H,32,37). The molecule has 0 spiro atoms. The molecule has 39 heavy (non-hydrogen) atoms. The van der Waals surface area contributed by atoms with Crippen LogP contribution in [0.4, 0.5) is 14.5 Å². The van der Waals surface area contributed by atoms with Crippen molar-refractivity contribution in [1.82, 2.24) is 9.88 Å². The molecular formula is C28H20ClF2N3O5. The maximum absolute atomic E-state index is 13.4. The fourth-order valence-corrected chi connectivity index (χ4v) is 4.17. The first-order valence-corrected chi connectivity index (χ1v) is 12.0. The first kappa shape index (κ1) is 27.3. The number of benzene rings is 3. The SMILES string of the molecule is O=C(CNC(=O)C(Cc1ccc(F)cc1)n1ccc(-c2cc(Cl)ccc2[N+](=O)[O-])cc1=O)c1ccc(F)cc1. The molecule has 0 aliphatic heterocycles. The average Bonchev–Trinajstić information content (AvgIpc) is 2.91. The Bertz CT molecular complexity index is 1610. The van der Waals surface area contributed by atoms with Crippen LogP contribution >= 0.6 is 11.6 Å². The molecule has 11 heteroatoms. The Hall–Kier alpha value is -4.70. The van der Waals surface area contributed by atoms with Crippen LogP contribution in [0.2, 0.25) is 5.02 Å². The van der Waals surface area contributed by atoms with Crippen molar-refractivity contribution in [1.29, 1.82) is 0 Å². The third kappa shape index (κ3) is 6.60. The Morgan fingerprint density at radius 3 is 2.21 bits per heavy atom. The van der Waals surface area contributed by atoms with Gasteiger partial charge in [0, 0.05) is 35.3 Å². The van der Waals surface area contributed by atoms with Gasteiger partial charge in [0.2, 0.25) is 5.91 Å². The molecule has 0 aliphatic carbocycles.